The van der Waals surface area contributed by atoms with Crippen molar-refractivity contribution in [2.75, 3.05) is 40.5 Å². The standard InChI is InChI=1S/C27H33N3O3S/c1-32-22-8-10-26-25(17-22)24(11-13-28-26)27(29-33-2)9-7-20-12-15-30(18-21(20)19-31)14-3-5-23-6-4-16-34-23/h4,6,8,10-11,13,16-17,20-21,27,29,31H,7,9,12,14-15,18-19H2,1-2H3/t20-,21-,27+/m1/s1. The molecular formula is C27H33N3O3S. The molecule has 0 unspecified atom stereocenters. The van der Waals surface area contributed by atoms with Crippen LogP contribution < -0.4 is 10.2 Å². The van der Waals surface area contributed by atoms with Crippen molar-refractivity contribution in [3.63, 3.8) is 0 Å². The van der Waals surface area contributed by atoms with Crippen molar-refractivity contribution >= 4 is 22.2 Å². The van der Waals surface area contributed by atoms with Gasteiger partial charge < -0.3 is 14.7 Å². The average molecular weight is 480 g/mol. The molecule has 3 aromatic rings. The topological polar surface area (TPSA) is 66.9 Å². The molecule has 3 heterocycles. The summed E-state index contributed by atoms with van der Waals surface area (Å²) in [7, 11) is 3.33. The van der Waals surface area contributed by atoms with E-state index in [0.717, 1.165) is 66.0 Å². The number of likely N-dealkylation sites (tertiary alicyclic amines) is 1. The molecule has 0 spiro atoms. The third-order valence-corrected chi connectivity index (χ3v) is 7.47. The molecule has 0 saturated carbocycles. The lowest BCUT2D eigenvalue weighted by Gasteiger charge is -2.37. The number of hydrogen-bond acceptors (Lipinski definition) is 7. The van der Waals surface area contributed by atoms with Gasteiger partial charge >= 0.3 is 0 Å². The van der Waals surface area contributed by atoms with Gasteiger partial charge in [-0.05, 0) is 78.9 Å². The second-order valence-corrected chi connectivity index (χ2v) is 9.69. The predicted octanol–water partition coefficient (Wildman–Crippen LogP) is 4.26. The molecule has 1 saturated heterocycles. The van der Waals surface area contributed by atoms with Crippen molar-refractivity contribution < 1.29 is 14.7 Å². The summed E-state index contributed by atoms with van der Waals surface area (Å²) in [5.74, 6) is 8.07. The minimum Gasteiger partial charge on any atom is -0.497 e. The number of benzene rings is 1. The van der Waals surface area contributed by atoms with Gasteiger partial charge in [-0.15, -0.1) is 11.3 Å². The molecule has 2 N–H and O–H groups in total. The van der Waals surface area contributed by atoms with Gasteiger partial charge in [0, 0.05) is 24.7 Å². The fraction of sp³-hybridized carbons (Fsp3) is 0.444. The van der Waals surface area contributed by atoms with Gasteiger partial charge in [0.2, 0.25) is 0 Å². The summed E-state index contributed by atoms with van der Waals surface area (Å²) < 4.78 is 5.44. The Kier molecular flexibility index (Phi) is 8.91. The minimum atomic E-state index is 0.0247. The molecule has 4 rings (SSSR count). The summed E-state index contributed by atoms with van der Waals surface area (Å²) in [6.07, 6.45) is 4.83. The van der Waals surface area contributed by atoms with Crippen LogP contribution in [0.3, 0.4) is 0 Å². The Morgan fingerprint density at radius 1 is 1.26 bits per heavy atom. The van der Waals surface area contributed by atoms with Crippen molar-refractivity contribution in [3.05, 3.63) is 58.4 Å². The zero-order chi connectivity index (χ0) is 23.8. The SMILES string of the molecule is CON[C@@H](CC[C@@H]1CCN(CC#Cc2cccs2)C[C@@H]1CO)c1ccnc2ccc(OC)cc12. The molecule has 1 aliphatic heterocycles. The van der Waals surface area contributed by atoms with E-state index >= 15 is 0 Å². The molecule has 1 aromatic carbocycles. The first-order valence-electron chi connectivity index (χ1n) is 11.8. The van der Waals surface area contributed by atoms with Crippen LogP contribution in [0.25, 0.3) is 10.9 Å². The molecule has 0 amide bonds. The van der Waals surface area contributed by atoms with Crippen molar-refractivity contribution in [3.8, 4) is 17.6 Å². The number of hydroxylamine groups is 1. The van der Waals surface area contributed by atoms with Gasteiger partial charge in [0.05, 0.1) is 37.2 Å². The molecule has 3 atom stereocenters. The number of aromatic nitrogens is 1. The number of nitrogens with zero attached hydrogens (tertiary/aromatic N) is 2. The van der Waals surface area contributed by atoms with Crippen molar-refractivity contribution in [1.29, 1.82) is 0 Å². The number of aliphatic hydroxyl groups is 1. The highest BCUT2D eigenvalue weighted by Gasteiger charge is 2.29. The maximum Gasteiger partial charge on any atom is 0.119 e. The number of aliphatic hydroxyl groups excluding tert-OH is 1. The van der Waals surface area contributed by atoms with E-state index < -0.39 is 0 Å². The quantitative estimate of drug-likeness (QED) is 0.353. The van der Waals surface area contributed by atoms with Crippen molar-refractivity contribution in [2.24, 2.45) is 11.8 Å². The maximum atomic E-state index is 10.1. The first-order chi connectivity index (χ1) is 16.7. The van der Waals surface area contributed by atoms with Crippen LogP contribution in [0.15, 0.2) is 48.0 Å². The van der Waals surface area contributed by atoms with E-state index in [1.54, 1.807) is 25.6 Å². The van der Waals surface area contributed by atoms with Crippen LogP contribution >= 0.6 is 11.3 Å². The maximum absolute atomic E-state index is 10.1. The van der Waals surface area contributed by atoms with Crippen LogP contribution in [0.4, 0.5) is 0 Å². The highest BCUT2D eigenvalue weighted by Crippen LogP contribution is 2.33. The van der Waals surface area contributed by atoms with Gasteiger partial charge in [-0.1, -0.05) is 17.9 Å². The van der Waals surface area contributed by atoms with Crippen LogP contribution in [0, 0.1) is 23.7 Å². The van der Waals surface area contributed by atoms with Crippen LogP contribution in [-0.2, 0) is 4.84 Å². The highest BCUT2D eigenvalue weighted by molar-refractivity contribution is 7.10. The molecule has 0 aliphatic carbocycles. The third kappa shape index (κ3) is 6.15. The summed E-state index contributed by atoms with van der Waals surface area (Å²) in [6.45, 7) is 2.85. The third-order valence-electron chi connectivity index (χ3n) is 6.69. The number of methoxy groups -OCH3 is 1. The molecule has 2 aromatic heterocycles. The summed E-state index contributed by atoms with van der Waals surface area (Å²) in [4.78, 5) is 13.4. The Balaban J connectivity index is 1.40. The first-order valence-corrected chi connectivity index (χ1v) is 12.7. The van der Waals surface area contributed by atoms with E-state index in [4.69, 9.17) is 9.57 Å². The normalized spacial score (nSPS) is 19.5. The fourth-order valence-electron chi connectivity index (χ4n) is 4.85. The second kappa shape index (κ2) is 12.3. The van der Waals surface area contributed by atoms with E-state index in [9.17, 15) is 5.11 Å². The highest BCUT2D eigenvalue weighted by atomic mass is 32.1. The number of hydrogen-bond donors (Lipinski definition) is 2. The van der Waals surface area contributed by atoms with Gasteiger partial charge in [0.25, 0.3) is 0 Å². The van der Waals surface area contributed by atoms with Gasteiger partial charge in [0.1, 0.15) is 5.75 Å². The van der Waals surface area contributed by atoms with E-state index in [0.29, 0.717) is 5.92 Å². The molecule has 0 radical (unpaired) electrons. The largest absolute Gasteiger partial charge is 0.497 e. The minimum absolute atomic E-state index is 0.0247. The van der Waals surface area contributed by atoms with E-state index in [1.807, 2.05) is 41.9 Å². The number of rotatable bonds is 9. The number of ether oxygens (including phenoxy) is 1. The Morgan fingerprint density at radius 3 is 2.94 bits per heavy atom. The van der Waals surface area contributed by atoms with Gasteiger partial charge in [-0.3, -0.25) is 9.88 Å². The fourth-order valence-corrected chi connectivity index (χ4v) is 5.44. The molecule has 1 fully saturated rings. The van der Waals surface area contributed by atoms with Crippen molar-refractivity contribution in [2.45, 2.75) is 25.3 Å². The zero-order valence-electron chi connectivity index (χ0n) is 19.9. The van der Waals surface area contributed by atoms with Crippen LogP contribution in [0.5, 0.6) is 5.75 Å². The van der Waals surface area contributed by atoms with Crippen molar-refractivity contribution in [1.82, 2.24) is 15.4 Å². The Morgan fingerprint density at radius 2 is 2.18 bits per heavy atom. The van der Waals surface area contributed by atoms with Gasteiger partial charge in [-0.25, -0.2) is 0 Å². The number of thiophene rings is 1. The predicted molar refractivity (Wildman–Crippen MR) is 137 cm³/mol. The molecule has 0 bridgehead atoms. The molecule has 1 aliphatic rings. The van der Waals surface area contributed by atoms with Crippen LogP contribution in [0.1, 0.15) is 35.7 Å². The summed E-state index contributed by atoms with van der Waals surface area (Å²) >= 11 is 1.67. The smallest absolute Gasteiger partial charge is 0.119 e. The lowest BCUT2D eigenvalue weighted by molar-refractivity contribution is 0.0444. The van der Waals surface area contributed by atoms with Crippen LogP contribution in [-0.4, -0.2) is 55.5 Å². The molecule has 7 heteroatoms. The second-order valence-electron chi connectivity index (χ2n) is 8.74. The van der Waals surface area contributed by atoms with E-state index in [1.165, 1.54) is 0 Å². The number of pyridine rings is 1. The summed E-state index contributed by atoms with van der Waals surface area (Å²) in [5.41, 5.74) is 5.27. The van der Waals surface area contributed by atoms with Crippen LogP contribution in [0.2, 0.25) is 0 Å². The number of piperidine rings is 1. The molecular weight excluding hydrogens is 446 g/mol. The van der Waals surface area contributed by atoms with Gasteiger partial charge in [0.15, 0.2) is 0 Å². The Labute approximate surface area is 205 Å². The lowest BCUT2D eigenvalue weighted by atomic mass is 9.81. The zero-order valence-corrected chi connectivity index (χ0v) is 20.7. The number of fused-ring (bicyclic) bond motifs is 1. The average Bonchev–Trinajstić information content (AvgIpc) is 3.40. The Hall–Kier alpha value is -2.47. The van der Waals surface area contributed by atoms with E-state index in [2.05, 4.69) is 33.3 Å². The summed E-state index contributed by atoms with van der Waals surface area (Å²) in [5, 5.41) is 13.2. The molecule has 180 valence electrons. The van der Waals surface area contributed by atoms with Gasteiger partial charge in [-0.2, -0.15) is 5.48 Å². The lowest BCUT2D eigenvalue weighted by Crippen LogP contribution is -2.42. The summed E-state index contributed by atoms with van der Waals surface area (Å²) in [6, 6.07) is 12.1. The monoisotopic (exact) mass is 479 g/mol. The first kappa shape index (κ1) is 24.6. The number of nitrogens with one attached hydrogen (secondary N) is 1. The molecule has 34 heavy (non-hydrogen) atoms. The Bertz CT molecular complexity index is 1110. The molecule has 6 nitrogen and oxygen atoms in total. The van der Waals surface area contributed by atoms with E-state index in [-0.39, 0.29) is 18.6 Å².